The molecule has 25 heavy (non-hydrogen) atoms. The fourth-order valence-corrected chi connectivity index (χ4v) is 4.43. The first-order valence-corrected chi connectivity index (χ1v) is 9.51. The Morgan fingerprint density at radius 2 is 1.80 bits per heavy atom. The number of halogens is 3. The molecule has 1 fully saturated rings. The van der Waals surface area contributed by atoms with Gasteiger partial charge in [-0.2, -0.15) is 0 Å². The highest BCUT2D eigenvalue weighted by molar-refractivity contribution is 8.00. The molecule has 0 heterocycles. The summed E-state index contributed by atoms with van der Waals surface area (Å²) < 4.78 is 26.2. The van der Waals surface area contributed by atoms with Crippen LogP contribution in [-0.4, -0.2) is 11.2 Å². The maximum absolute atomic E-state index is 13.3. The van der Waals surface area contributed by atoms with Gasteiger partial charge in [0.15, 0.2) is 11.6 Å². The average molecular weight is 382 g/mol. The molecule has 0 bridgehead atoms. The molecule has 1 saturated carbocycles. The molecular weight excluding hydrogens is 364 g/mol. The van der Waals surface area contributed by atoms with Gasteiger partial charge >= 0.3 is 0 Å². The van der Waals surface area contributed by atoms with Gasteiger partial charge in [-0.3, -0.25) is 4.79 Å². The monoisotopic (exact) mass is 381 g/mol. The molecular formula is C19H18ClF2NOS. The number of thioether (sulfide) groups is 1. The van der Waals surface area contributed by atoms with Crippen LogP contribution in [0, 0.1) is 11.6 Å². The molecule has 0 unspecified atom stereocenters. The number of rotatable bonds is 4. The van der Waals surface area contributed by atoms with Crippen molar-refractivity contribution in [3.05, 3.63) is 58.6 Å². The largest absolute Gasteiger partial charge is 0.322 e. The molecule has 0 atom stereocenters. The highest BCUT2D eigenvalue weighted by Gasteiger charge is 2.17. The smallest absolute Gasteiger partial charge is 0.255 e. The predicted molar refractivity (Wildman–Crippen MR) is 98.5 cm³/mol. The molecule has 1 N–H and O–H groups in total. The summed E-state index contributed by atoms with van der Waals surface area (Å²) >= 11 is 7.99. The number of nitrogens with one attached hydrogen (secondary N) is 1. The van der Waals surface area contributed by atoms with Crippen molar-refractivity contribution in [3.63, 3.8) is 0 Å². The Kier molecular flexibility index (Phi) is 5.97. The third-order valence-electron chi connectivity index (χ3n) is 4.22. The van der Waals surface area contributed by atoms with Gasteiger partial charge in [0.05, 0.1) is 5.02 Å². The summed E-state index contributed by atoms with van der Waals surface area (Å²) in [5, 5.41) is 3.73. The van der Waals surface area contributed by atoms with Crippen LogP contribution in [0.1, 0.15) is 42.5 Å². The van der Waals surface area contributed by atoms with E-state index in [1.54, 1.807) is 30.0 Å². The standard InChI is InChI=1S/C19H18ClF2NOS/c20-15-8-6-12(10-18(15)25-14-4-2-1-3-5-14)19(24)23-13-7-9-16(21)17(22)11-13/h6-11,14H,1-5H2,(H,23,24). The molecule has 0 spiro atoms. The second-order valence-electron chi connectivity index (χ2n) is 6.11. The minimum absolute atomic E-state index is 0.209. The second kappa shape index (κ2) is 8.19. The Balaban J connectivity index is 1.73. The van der Waals surface area contributed by atoms with E-state index in [9.17, 15) is 13.6 Å². The Morgan fingerprint density at radius 3 is 2.52 bits per heavy atom. The van der Waals surface area contributed by atoms with E-state index in [0.29, 0.717) is 15.8 Å². The number of anilines is 1. The number of amides is 1. The van der Waals surface area contributed by atoms with Gasteiger partial charge in [0.1, 0.15) is 0 Å². The lowest BCUT2D eigenvalue weighted by molar-refractivity contribution is 0.102. The van der Waals surface area contributed by atoms with Crippen LogP contribution in [0.4, 0.5) is 14.5 Å². The van der Waals surface area contributed by atoms with Crippen molar-refractivity contribution >= 4 is 35.0 Å². The molecule has 2 nitrogen and oxygen atoms in total. The lowest BCUT2D eigenvalue weighted by Gasteiger charge is -2.21. The maximum Gasteiger partial charge on any atom is 0.255 e. The molecule has 2 aromatic rings. The summed E-state index contributed by atoms with van der Waals surface area (Å²) in [5.74, 6) is -2.33. The summed E-state index contributed by atoms with van der Waals surface area (Å²) in [5.41, 5.74) is 0.646. The minimum atomic E-state index is -0.998. The van der Waals surface area contributed by atoms with Crippen molar-refractivity contribution in [1.82, 2.24) is 0 Å². The number of carbonyl (C=O) groups excluding carboxylic acids is 1. The van der Waals surface area contributed by atoms with Gasteiger partial charge in [-0.25, -0.2) is 8.78 Å². The van der Waals surface area contributed by atoms with Crippen LogP contribution in [-0.2, 0) is 0 Å². The van der Waals surface area contributed by atoms with Crippen molar-refractivity contribution in [1.29, 1.82) is 0 Å². The number of benzene rings is 2. The Morgan fingerprint density at radius 1 is 1.04 bits per heavy atom. The van der Waals surface area contributed by atoms with E-state index < -0.39 is 11.6 Å². The van der Waals surface area contributed by atoms with Crippen LogP contribution >= 0.6 is 23.4 Å². The summed E-state index contributed by atoms with van der Waals surface area (Å²) in [6.45, 7) is 0. The van der Waals surface area contributed by atoms with Crippen LogP contribution in [0.2, 0.25) is 5.02 Å². The number of carbonyl (C=O) groups is 1. The lowest BCUT2D eigenvalue weighted by atomic mass is 10.0. The molecule has 1 aliphatic rings. The highest BCUT2D eigenvalue weighted by atomic mass is 35.5. The summed E-state index contributed by atoms with van der Waals surface area (Å²) in [7, 11) is 0. The van der Waals surface area contributed by atoms with Crippen LogP contribution in [0.3, 0.4) is 0 Å². The van der Waals surface area contributed by atoms with Gasteiger partial charge in [-0.15, -0.1) is 11.8 Å². The fraction of sp³-hybridized carbons (Fsp3) is 0.316. The maximum atomic E-state index is 13.3. The van der Waals surface area contributed by atoms with Crippen molar-refractivity contribution in [2.24, 2.45) is 0 Å². The highest BCUT2D eigenvalue weighted by Crippen LogP contribution is 2.37. The van der Waals surface area contributed by atoms with Gasteiger partial charge in [0.2, 0.25) is 0 Å². The summed E-state index contributed by atoms with van der Waals surface area (Å²) in [4.78, 5) is 13.3. The zero-order chi connectivity index (χ0) is 17.8. The third kappa shape index (κ3) is 4.73. The van der Waals surface area contributed by atoms with Crippen LogP contribution in [0.5, 0.6) is 0 Å². The molecule has 6 heteroatoms. The Labute approximate surface area is 155 Å². The minimum Gasteiger partial charge on any atom is -0.322 e. The summed E-state index contributed by atoms with van der Waals surface area (Å²) in [6.07, 6.45) is 6.05. The van der Waals surface area contributed by atoms with Gasteiger partial charge in [-0.05, 0) is 43.2 Å². The molecule has 0 radical (unpaired) electrons. The van der Waals surface area contributed by atoms with E-state index in [-0.39, 0.29) is 11.6 Å². The first-order chi connectivity index (χ1) is 12.0. The van der Waals surface area contributed by atoms with Crippen molar-refractivity contribution in [3.8, 4) is 0 Å². The topological polar surface area (TPSA) is 29.1 Å². The normalized spacial score (nSPS) is 15.2. The molecule has 0 saturated heterocycles. The third-order valence-corrected chi connectivity index (χ3v) is 6.05. The van der Waals surface area contributed by atoms with Crippen molar-refractivity contribution < 1.29 is 13.6 Å². The number of hydrogen-bond acceptors (Lipinski definition) is 2. The van der Waals surface area contributed by atoms with E-state index in [4.69, 9.17) is 11.6 Å². The van der Waals surface area contributed by atoms with Crippen LogP contribution in [0.15, 0.2) is 41.3 Å². The Hall–Kier alpha value is -1.59. The second-order valence-corrected chi connectivity index (χ2v) is 7.86. The van der Waals surface area contributed by atoms with Gasteiger partial charge in [0.25, 0.3) is 5.91 Å². The van der Waals surface area contributed by atoms with E-state index in [1.807, 2.05) is 0 Å². The van der Waals surface area contributed by atoms with E-state index in [2.05, 4.69) is 5.32 Å². The van der Waals surface area contributed by atoms with Crippen LogP contribution in [0.25, 0.3) is 0 Å². The van der Waals surface area contributed by atoms with Crippen LogP contribution < -0.4 is 5.32 Å². The zero-order valence-corrected chi connectivity index (χ0v) is 15.1. The lowest BCUT2D eigenvalue weighted by Crippen LogP contribution is -2.13. The molecule has 1 aliphatic carbocycles. The molecule has 0 aliphatic heterocycles. The first-order valence-electron chi connectivity index (χ1n) is 8.25. The van der Waals surface area contributed by atoms with E-state index >= 15 is 0 Å². The molecule has 132 valence electrons. The van der Waals surface area contributed by atoms with E-state index in [1.165, 1.54) is 25.3 Å². The van der Waals surface area contributed by atoms with Gasteiger partial charge in [0, 0.05) is 27.5 Å². The van der Waals surface area contributed by atoms with Gasteiger partial charge < -0.3 is 5.32 Å². The summed E-state index contributed by atoms with van der Waals surface area (Å²) in [6, 6.07) is 8.36. The molecule has 0 aromatic heterocycles. The zero-order valence-electron chi connectivity index (χ0n) is 13.5. The molecule has 2 aromatic carbocycles. The van der Waals surface area contributed by atoms with E-state index in [0.717, 1.165) is 29.9 Å². The predicted octanol–water partition coefficient (Wildman–Crippen LogP) is 6.30. The molecule has 3 rings (SSSR count). The Bertz CT molecular complexity index is 778. The van der Waals surface area contributed by atoms with Gasteiger partial charge in [-0.1, -0.05) is 30.9 Å². The average Bonchev–Trinajstić information content (AvgIpc) is 2.61. The SMILES string of the molecule is O=C(Nc1ccc(F)c(F)c1)c1ccc(Cl)c(SC2CCCCC2)c1. The number of hydrogen-bond donors (Lipinski definition) is 1. The van der Waals surface area contributed by atoms with Crippen molar-refractivity contribution in [2.75, 3.05) is 5.32 Å². The first kappa shape index (κ1) is 18.2. The fourth-order valence-electron chi connectivity index (χ4n) is 2.87. The molecule has 1 amide bonds. The van der Waals surface area contributed by atoms with Crippen molar-refractivity contribution in [2.45, 2.75) is 42.2 Å². The quantitative estimate of drug-likeness (QED) is 0.673.